The average molecular weight is 399 g/mol. The third-order valence-electron chi connectivity index (χ3n) is 3.97. The molecule has 0 unspecified atom stereocenters. The van der Waals surface area contributed by atoms with Crippen molar-refractivity contribution in [2.45, 2.75) is 20.1 Å². The summed E-state index contributed by atoms with van der Waals surface area (Å²) >= 11 is 6.28. The number of esters is 1. The molecule has 0 amide bonds. The van der Waals surface area contributed by atoms with Crippen molar-refractivity contribution in [3.8, 4) is 5.75 Å². The van der Waals surface area contributed by atoms with Gasteiger partial charge in [0.1, 0.15) is 19.0 Å². The van der Waals surface area contributed by atoms with E-state index in [4.69, 9.17) is 21.2 Å². The highest BCUT2D eigenvalue weighted by Gasteiger charge is 2.07. The lowest BCUT2D eigenvalue weighted by Gasteiger charge is -2.09. The van der Waals surface area contributed by atoms with Crippen molar-refractivity contribution in [2.75, 3.05) is 7.11 Å². The Morgan fingerprint density at radius 1 is 1.11 bits per heavy atom. The van der Waals surface area contributed by atoms with E-state index in [0.29, 0.717) is 17.4 Å². The fourth-order valence-corrected chi connectivity index (χ4v) is 2.69. The highest BCUT2D eigenvalue weighted by Crippen LogP contribution is 2.24. The molecule has 1 aromatic heterocycles. The Balaban J connectivity index is 1.59. The van der Waals surface area contributed by atoms with E-state index in [-0.39, 0.29) is 12.3 Å². The first-order chi connectivity index (χ1) is 13.6. The summed E-state index contributed by atoms with van der Waals surface area (Å²) in [5.74, 6) is 0.0788. The Morgan fingerprint density at radius 2 is 1.93 bits per heavy atom. The number of carbonyl (C=O) groups excluding carboxylic acids is 1. The first kappa shape index (κ1) is 19.6. The van der Waals surface area contributed by atoms with Crippen LogP contribution < -0.4 is 4.74 Å². The summed E-state index contributed by atoms with van der Waals surface area (Å²) in [6.45, 7) is 1.96. The van der Waals surface area contributed by atoms with E-state index in [2.05, 4.69) is 14.9 Å². The van der Waals surface area contributed by atoms with Gasteiger partial charge in [0.25, 0.3) is 0 Å². The van der Waals surface area contributed by atoms with Gasteiger partial charge in [-0.15, -0.1) is 0 Å². The van der Waals surface area contributed by atoms with Gasteiger partial charge in [0.05, 0.1) is 23.3 Å². The molecule has 3 rings (SSSR count). The summed E-state index contributed by atoms with van der Waals surface area (Å²) < 4.78 is 10.3. The maximum Gasteiger partial charge on any atom is 0.355 e. The third-order valence-corrected chi connectivity index (χ3v) is 4.32. The number of fused-ring (bicyclic) bond motifs is 1. The van der Waals surface area contributed by atoms with E-state index in [9.17, 15) is 4.79 Å². The van der Waals surface area contributed by atoms with Gasteiger partial charge in [0.15, 0.2) is 5.71 Å². The number of aromatic nitrogens is 1. The third kappa shape index (κ3) is 4.98. The van der Waals surface area contributed by atoms with Crippen LogP contribution in [-0.2, 0) is 27.6 Å². The minimum absolute atomic E-state index is 0.125. The van der Waals surface area contributed by atoms with Gasteiger partial charge in [-0.1, -0.05) is 47.1 Å². The van der Waals surface area contributed by atoms with Gasteiger partial charge in [0.2, 0.25) is 0 Å². The van der Waals surface area contributed by atoms with Crippen molar-refractivity contribution < 1.29 is 19.1 Å². The second kappa shape index (κ2) is 9.19. The number of benzene rings is 2. The molecular weight excluding hydrogens is 380 g/mol. The SMILES string of the molecule is COC(=O)/C(C)=N/OCc1ccc(OCc2ccc3ccccc3n2)cc1Cl. The van der Waals surface area contributed by atoms with Crippen LogP contribution in [0.2, 0.25) is 5.02 Å². The summed E-state index contributed by atoms with van der Waals surface area (Å²) in [7, 11) is 1.28. The highest BCUT2D eigenvalue weighted by atomic mass is 35.5. The van der Waals surface area contributed by atoms with Gasteiger partial charge < -0.3 is 14.3 Å². The molecule has 0 radical (unpaired) electrons. The zero-order valence-electron chi connectivity index (χ0n) is 15.5. The van der Waals surface area contributed by atoms with Crippen LogP contribution in [-0.4, -0.2) is 23.8 Å². The predicted molar refractivity (Wildman–Crippen MR) is 107 cm³/mol. The Hall–Kier alpha value is -3.12. The molecule has 2 aromatic carbocycles. The summed E-state index contributed by atoms with van der Waals surface area (Å²) in [6, 6.07) is 17.2. The number of nitrogens with zero attached hydrogens (tertiary/aromatic N) is 2. The molecule has 1 heterocycles. The van der Waals surface area contributed by atoms with Crippen LogP contribution in [0.25, 0.3) is 10.9 Å². The van der Waals surface area contributed by atoms with Crippen molar-refractivity contribution in [3.05, 3.63) is 70.9 Å². The Bertz CT molecular complexity index is 1020. The largest absolute Gasteiger partial charge is 0.487 e. The Kier molecular flexibility index (Phi) is 6.45. The molecule has 0 saturated carbocycles. The van der Waals surface area contributed by atoms with Crippen molar-refractivity contribution in [2.24, 2.45) is 5.16 Å². The highest BCUT2D eigenvalue weighted by molar-refractivity contribution is 6.35. The lowest BCUT2D eigenvalue weighted by atomic mass is 10.2. The smallest absolute Gasteiger partial charge is 0.355 e. The molecule has 3 aromatic rings. The number of carbonyl (C=O) groups is 1. The standard InChI is InChI=1S/C21H19ClN2O4/c1-14(21(25)26-2)24-28-12-16-8-10-18(11-19(16)22)27-13-17-9-7-15-5-3-4-6-20(15)23-17/h3-11H,12-13H2,1-2H3/b24-14+. The minimum Gasteiger partial charge on any atom is -0.487 e. The minimum atomic E-state index is -0.544. The van der Waals surface area contributed by atoms with E-state index >= 15 is 0 Å². The van der Waals surface area contributed by atoms with Crippen molar-refractivity contribution in [3.63, 3.8) is 0 Å². The van der Waals surface area contributed by atoms with Crippen molar-refractivity contribution >= 4 is 34.2 Å². The molecule has 0 bridgehead atoms. The van der Waals surface area contributed by atoms with Gasteiger partial charge in [0, 0.05) is 10.9 Å². The van der Waals surface area contributed by atoms with Crippen LogP contribution in [0.1, 0.15) is 18.2 Å². The lowest BCUT2D eigenvalue weighted by Crippen LogP contribution is -2.12. The number of oxime groups is 1. The van der Waals surface area contributed by atoms with Gasteiger partial charge in [-0.2, -0.15) is 0 Å². The molecule has 0 aliphatic rings. The van der Waals surface area contributed by atoms with Gasteiger partial charge in [-0.3, -0.25) is 0 Å². The molecule has 6 nitrogen and oxygen atoms in total. The van der Waals surface area contributed by atoms with E-state index in [1.807, 2.05) is 36.4 Å². The number of ether oxygens (including phenoxy) is 2. The van der Waals surface area contributed by atoms with Crippen LogP contribution in [0.5, 0.6) is 5.75 Å². The summed E-state index contributed by atoms with van der Waals surface area (Å²) in [5, 5.41) is 5.27. The quantitative estimate of drug-likeness (QED) is 0.332. The van der Waals surface area contributed by atoms with Crippen LogP contribution in [0.15, 0.2) is 59.8 Å². The normalized spacial score (nSPS) is 11.3. The van der Waals surface area contributed by atoms with E-state index in [1.165, 1.54) is 14.0 Å². The predicted octanol–water partition coefficient (Wildman–Crippen LogP) is 4.53. The molecule has 7 heteroatoms. The van der Waals surface area contributed by atoms with Crippen LogP contribution in [0.3, 0.4) is 0 Å². The first-order valence-electron chi connectivity index (χ1n) is 8.57. The van der Waals surface area contributed by atoms with E-state index in [1.54, 1.807) is 18.2 Å². The lowest BCUT2D eigenvalue weighted by molar-refractivity contribution is -0.133. The van der Waals surface area contributed by atoms with Crippen molar-refractivity contribution in [1.82, 2.24) is 4.98 Å². The average Bonchev–Trinajstić information content (AvgIpc) is 2.72. The molecule has 0 aliphatic heterocycles. The number of pyridine rings is 1. The maximum absolute atomic E-state index is 11.2. The molecule has 0 spiro atoms. The Morgan fingerprint density at radius 3 is 2.71 bits per heavy atom. The number of rotatable bonds is 7. The zero-order valence-corrected chi connectivity index (χ0v) is 16.3. The molecule has 0 N–H and O–H groups in total. The molecule has 28 heavy (non-hydrogen) atoms. The van der Waals surface area contributed by atoms with Crippen molar-refractivity contribution in [1.29, 1.82) is 0 Å². The summed E-state index contributed by atoms with van der Waals surface area (Å²) in [6.07, 6.45) is 0. The monoisotopic (exact) mass is 398 g/mol. The second-order valence-electron chi connectivity index (χ2n) is 5.98. The fraction of sp³-hybridized carbons (Fsp3) is 0.190. The van der Waals surface area contributed by atoms with Gasteiger partial charge in [-0.05, 0) is 31.2 Å². The molecule has 0 saturated heterocycles. The first-order valence-corrected chi connectivity index (χ1v) is 8.95. The summed E-state index contributed by atoms with van der Waals surface area (Å²) in [4.78, 5) is 21.0. The number of para-hydroxylation sites is 1. The number of hydrogen-bond donors (Lipinski definition) is 0. The maximum atomic E-state index is 11.2. The zero-order chi connectivity index (χ0) is 19.9. The molecule has 0 aliphatic carbocycles. The van der Waals surface area contributed by atoms with Crippen LogP contribution in [0, 0.1) is 0 Å². The van der Waals surface area contributed by atoms with Gasteiger partial charge in [-0.25, -0.2) is 9.78 Å². The number of hydrogen-bond acceptors (Lipinski definition) is 6. The fourth-order valence-electron chi connectivity index (χ4n) is 2.46. The topological polar surface area (TPSA) is 70.0 Å². The summed E-state index contributed by atoms with van der Waals surface area (Å²) in [5.41, 5.74) is 2.60. The van der Waals surface area contributed by atoms with Crippen LogP contribution in [0.4, 0.5) is 0 Å². The molecule has 0 fully saturated rings. The number of methoxy groups -OCH3 is 1. The molecular formula is C21H19ClN2O4. The van der Waals surface area contributed by atoms with E-state index in [0.717, 1.165) is 22.2 Å². The van der Waals surface area contributed by atoms with E-state index < -0.39 is 5.97 Å². The van der Waals surface area contributed by atoms with Gasteiger partial charge >= 0.3 is 5.97 Å². The second-order valence-corrected chi connectivity index (χ2v) is 6.39. The molecule has 0 atom stereocenters. The Labute approximate surface area is 167 Å². The van der Waals surface area contributed by atoms with Crippen LogP contribution >= 0.6 is 11.6 Å². The number of halogens is 1. The molecule has 144 valence electrons.